The maximum absolute atomic E-state index is 14.7. The molecule has 0 saturated carbocycles. The van der Waals surface area contributed by atoms with Gasteiger partial charge in [0.15, 0.2) is 16.8 Å². The molecule has 5 heterocycles. The van der Waals surface area contributed by atoms with Crippen molar-refractivity contribution in [3.63, 3.8) is 0 Å². The van der Waals surface area contributed by atoms with E-state index in [4.69, 9.17) is 21.5 Å². The smallest absolute Gasteiger partial charge is 0.475 e. The zero-order chi connectivity index (χ0) is 29.7. The van der Waals surface area contributed by atoms with Crippen LogP contribution in [0.25, 0.3) is 22.3 Å². The number of fused-ring (bicyclic) bond motifs is 1. The Bertz CT molecular complexity index is 1600. The number of pyridine rings is 1. The Hall–Kier alpha value is -4.78. The predicted molar refractivity (Wildman–Crippen MR) is 137 cm³/mol. The molecule has 1 saturated heterocycles. The lowest BCUT2D eigenvalue weighted by Crippen LogP contribution is -2.26. The van der Waals surface area contributed by atoms with Crippen LogP contribution in [0.4, 0.5) is 29.1 Å². The number of carbonyl (C=O) groups is 2. The van der Waals surface area contributed by atoms with E-state index in [0.717, 1.165) is 34.8 Å². The molecule has 1 unspecified atom stereocenters. The van der Waals surface area contributed by atoms with Gasteiger partial charge in [-0.25, -0.2) is 24.1 Å². The zero-order valence-electron chi connectivity index (χ0n) is 20.8. The van der Waals surface area contributed by atoms with Crippen LogP contribution in [-0.2, 0) is 9.59 Å². The number of halogens is 5. The van der Waals surface area contributed by atoms with E-state index in [1.807, 2.05) is 12.3 Å². The highest BCUT2D eigenvalue weighted by Gasteiger charge is 2.38. The first kappa shape index (κ1) is 29.2. The molecule has 1 aliphatic rings. The second-order valence-corrected chi connectivity index (χ2v) is 9.15. The summed E-state index contributed by atoms with van der Waals surface area (Å²) in [5, 5.41) is 24.4. The predicted octanol–water partition coefficient (Wildman–Crippen LogP) is 4.19. The normalized spacial score (nSPS) is 15.6. The molecule has 41 heavy (non-hydrogen) atoms. The molecule has 1 fully saturated rings. The van der Waals surface area contributed by atoms with Gasteiger partial charge in [-0.2, -0.15) is 23.5 Å². The van der Waals surface area contributed by atoms with E-state index in [-0.39, 0.29) is 35.0 Å². The number of alkyl halides is 3. The van der Waals surface area contributed by atoms with Gasteiger partial charge in [-0.15, -0.1) is 0 Å². The third-order valence-electron chi connectivity index (χ3n) is 6.31. The van der Waals surface area contributed by atoms with Crippen molar-refractivity contribution in [3.8, 4) is 17.3 Å². The topological polar surface area (TPSA) is 166 Å². The van der Waals surface area contributed by atoms with Crippen LogP contribution in [0.1, 0.15) is 18.9 Å². The first-order valence-electron chi connectivity index (χ1n) is 11.8. The van der Waals surface area contributed by atoms with Crippen molar-refractivity contribution in [1.29, 1.82) is 5.26 Å². The summed E-state index contributed by atoms with van der Waals surface area (Å²) in [4.78, 5) is 37.2. The number of nitriles is 1. The Balaban J connectivity index is 0.000000493. The molecular formula is C24H20ClF4N9O3. The summed E-state index contributed by atoms with van der Waals surface area (Å²) in [7, 11) is 0. The van der Waals surface area contributed by atoms with Gasteiger partial charge in [-0.1, -0.05) is 11.6 Å². The van der Waals surface area contributed by atoms with Crippen LogP contribution in [0.15, 0.2) is 37.1 Å². The molecule has 214 valence electrons. The second-order valence-electron chi connectivity index (χ2n) is 8.79. The highest BCUT2D eigenvalue weighted by atomic mass is 35.5. The third kappa shape index (κ3) is 6.52. The number of rotatable bonds is 7. The summed E-state index contributed by atoms with van der Waals surface area (Å²) in [6.45, 7) is 1.04. The summed E-state index contributed by atoms with van der Waals surface area (Å²) in [5.41, 5.74) is 2.43. The number of anilines is 2. The lowest BCUT2D eigenvalue weighted by Gasteiger charge is -2.23. The number of nitrogens with zero attached hydrogens (tertiary/aromatic N) is 7. The number of hydrogen-bond donors (Lipinski definition) is 3. The largest absolute Gasteiger partial charge is 0.490 e. The van der Waals surface area contributed by atoms with Crippen LogP contribution in [0.5, 0.6) is 0 Å². The minimum Gasteiger partial charge on any atom is -0.475 e. The maximum Gasteiger partial charge on any atom is 0.490 e. The molecule has 4 aromatic rings. The van der Waals surface area contributed by atoms with E-state index in [0.29, 0.717) is 19.5 Å². The summed E-state index contributed by atoms with van der Waals surface area (Å²) >= 11 is 6.10. The second kappa shape index (κ2) is 12.2. The molecule has 0 bridgehead atoms. The quantitative estimate of drug-likeness (QED) is 0.162. The number of H-pyrrole nitrogens is 1. The fraction of sp³-hybridized carbons (Fsp3) is 0.292. The van der Waals surface area contributed by atoms with Crippen LogP contribution in [0.2, 0.25) is 5.15 Å². The van der Waals surface area contributed by atoms with Crippen molar-refractivity contribution in [3.05, 3.63) is 48.0 Å². The summed E-state index contributed by atoms with van der Waals surface area (Å²) < 4.78 is 48.2. The van der Waals surface area contributed by atoms with Crippen LogP contribution >= 0.6 is 11.6 Å². The number of carboxylic acid groups (broad SMARTS) is 1. The molecule has 12 nitrogen and oxygen atoms in total. The van der Waals surface area contributed by atoms with Crippen molar-refractivity contribution < 1.29 is 32.3 Å². The molecule has 3 N–H and O–H groups in total. The molecule has 4 aromatic heterocycles. The van der Waals surface area contributed by atoms with Crippen LogP contribution in [0.3, 0.4) is 0 Å². The molecule has 0 spiro atoms. The number of amides is 1. The van der Waals surface area contributed by atoms with Crippen molar-refractivity contribution in [2.45, 2.75) is 25.1 Å². The van der Waals surface area contributed by atoms with Crippen molar-refractivity contribution >= 4 is 46.5 Å². The van der Waals surface area contributed by atoms with E-state index in [1.165, 1.54) is 6.33 Å². The Morgan fingerprint density at radius 2 is 2.15 bits per heavy atom. The van der Waals surface area contributed by atoms with E-state index in [2.05, 4.69) is 36.4 Å². The molecular weight excluding hydrogens is 574 g/mol. The highest BCUT2D eigenvalue weighted by molar-refractivity contribution is 6.32. The summed E-state index contributed by atoms with van der Waals surface area (Å²) in [5.74, 6) is -3.17. The number of nitrogens with one attached hydrogen (secondary N) is 2. The average Bonchev–Trinajstić information content (AvgIpc) is 3.70. The van der Waals surface area contributed by atoms with Gasteiger partial charge in [-0.05, 0) is 12.5 Å². The van der Waals surface area contributed by atoms with Gasteiger partial charge in [0.2, 0.25) is 6.41 Å². The fourth-order valence-corrected chi connectivity index (χ4v) is 4.64. The minimum atomic E-state index is -5.08. The standard InChI is InChI=1S/C22H19ClFN9O.C2HF3O2/c23-20-17(29-12-34)7-16(24)22(31-20)32-6-3-13(9-32)18(1-4-25)33-10-14(8-30-33)19-15-2-5-26-21(15)28-11-27-19;3-2(4,5)1(6)7/h2,5,7-8,10-13,18H,1,3,6,9H2,(H,29,34)(H,26,27,28);(H,6,7)/t13-,18?;/m0./s1. The van der Waals surface area contributed by atoms with E-state index in [1.54, 1.807) is 22.0 Å². The molecule has 2 atom stereocenters. The fourth-order valence-electron chi connectivity index (χ4n) is 4.45. The lowest BCUT2D eigenvalue weighted by molar-refractivity contribution is -0.192. The molecule has 0 aliphatic carbocycles. The zero-order valence-corrected chi connectivity index (χ0v) is 21.6. The number of aromatic amines is 1. The Morgan fingerprint density at radius 1 is 1.39 bits per heavy atom. The van der Waals surface area contributed by atoms with Gasteiger partial charge in [-0.3, -0.25) is 9.48 Å². The van der Waals surface area contributed by atoms with E-state index in [9.17, 15) is 27.6 Å². The van der Waals surface area contributed by atoms with Gasteiger partial charge in [0.05, 0.1) is 36.1 Å². The maximum atomic E-state index is 14.7. The first-order valence-corrected chi connectivity index (χ1v) is 12.2. The molecule has 5 rings (SSSR count). The van der Waals surface area contributed by atoms with Crippen LogP contribution < -0.4 is 10.2 Å². The van der Waals surface area contributed by atoms with Gasteiger partial charge < -0.3 is 20.3 Å². The lowest BCUT2D eigenvalue weighted by atomic mass is 9.96. The molecule has 0 aromatic carbocycles. The monoisotopic (exact) mass is 593 g/mol. The average molecular weight is 594 g/mol. The molecule has 1 amide bonds. The number of aliphatic carboxylic acids is 1. The third-order valence-corrected chi connectivity index (χ3v) is 6.59. The van der Waals surface area contributed by atoms with Crippen molar-refractivity contribution in [2.24, 2.45) is 5.92 Å². The molecule has 1 aliphatic heterocycles. The van der Waals surface area contributed by atoms with Crippen molar-refractivity contribution in [2.75, 3.05) is 23.3 Å². The van der Waals surface area contributed by atoms with Gasteiger partial charge in [0, 0.05) is 48.4 Å². The van der Waals surface area contributed by atoms with Crippen LogP contribution in [-0.4, -0.2) is 66.5 Å². The van der Waals surface area contributed by atoms with Crippen molar-refractivity contribution in [1.82, 2.24) is 29.7 Å². The van der Waals surface area contributed by atoms with Crippen LogP contribution in [0, 0.1) is 23.1 Å². The van der Waals surface area contributed by atoms with E-state index < -0.39 is 18.0 Å². The Kier molecular flexibility index (Phi) is 8.67. The van der Waals surface area contributed by atoms with Gasteiger partial charge >= 0.3 is 12.1 Å². The number of aromatic nitrogens is 6. The summed E-state index contributed by atoms with van der Waals surface area (Å²) in [6.07, 6.45) is 3.23. The molecule has 17 heteroatoms. The van der Waals surface area contributed by atoms with Gasteiger partial charge in [0.25, 0.3) is 0 Å². The molecule has 0 radical (unpaired) electrons. The number of hydrogen-bond acceptors (Lipinski definition) is 8. The number of carboxylic acids is 1. The summed E-state index contributed by atoms with van der Waals surface area (Å²) in [6, 6.07) is 5.11. The SMILES string of the molecule is N#CCC([C@H]1CCN(c2nc(Cl)c(NC=O)cc2F)C1)n1cc(-c2ncnc3[nH]ccc23)cn1.O=C(O)C(F)(F)F. The number of carbonyl (C=O) groups excluding carboxylic acids is 1. The minimum absolute atomic E-state index is 0.0122. The highest BCUT2D eigenvalue weighted by Crippen LogP contribution is 2.36. The first-order chi connectivity index (χ1) is 19.5. The van der Waals surface area contributed by atoms with Gasteiger partial charge in [0.1, 0.15) is 12.0 Å². The van der Waals surface area contributed by atoms with E-state index >= 15 is 0 Å². The Morgan fingerprint density at radius 3 is 2.83 bits per heavy atom. The Labute approximate surface area is 233 Å².